The van der Waals surface area contributed by atoms with Gasteiger partial charge in [0.05, 0.1) is 19.5 Å². The molecule has 4 nitrogen and oxygen atoms in total. The standard InChI is InChI=1S/C7H15O4P/c1-4-7-11-12(8,9-5-2)10-6-3/h4,7H,5-6H2,1-3H3/b7-4+. The number of rotatable bonds is 6. The van der Waals surface area contributed by atoms with Crippen molar-refractivity contribution in [2.75, 3.05) is 13.2 Å². The van der Waals surface area contributed by atoms with Gasteiger partial charge in [-0.1, -0.05) is 6.08 Å². The first-order valence-electron chi connectivity index (χ1n) is 3.87. The van der Waals surface area contributed by atoms with E-state index in [9.17, 15) is 4.57 Å². The summed E-state index contributed by atoms with van der Waals surface area (Å²) in [6.45, 7) is 5.81. The van der Waals surface area contributed by atoms with Crippen LogP contribution in [-0.2, 0) is 18.1 Å². The van der Waals surface area contributed by atoms with Crippen molar-refractivity contribution in [3.8, 4) is 0 Å². The Morgan fingerprint density at radius 3 is 2.08 bits per heavy atom. The molecule has 0 rings (SSSR count). The lowest BCUT2D eigenvalue weighted by Crippen LogP contribution is -1.96. The van der Waals surface area contributed by atoms with Crippen LogP contribution >= 0.6 is 7.82 Å². The van der Waals surface area contributed by atoms with Crippen LogP contribution < -0.4 is 0 Å². The molecule has 0 bridgehead atoms. The van der Waals surface area contributed by atoms with Gasteiger partial charge in [0.2, 0.25) is 0 Å². The first-order valence-corrected chi connectivity index (χ1v) is 5.33. The van der Waals surface area contributed by atoms with Crippen LogP contribution in [0.4, 0.5) is 0 Å². The second-order valence-corrected chi connectivity index (χ2v) is 3.48. The van der Waals surface area contributed by atoms with E-state index in [1.807, 2.05) is 0 Å². The van der Waals surface area contributed by atoms with Crippen LogP contribution in [0.25, 0.3) is 0 Å². The molecule has 0 spiro atoms. The highest BCUT2D eigenvalue weighted by Crippen LogP contribution is 2.49. The van der Waals surface area contributed by atoms with Crippen molar-refractivity contribution >= 4 is 7.82 Å². The van der Waals surface area contributed by atoms with Gasteiger partial charge < -0.3 is 4.52 Å². The summed E-state index contributed by atoms with van der Waals surface area (Å²) in [6.07, 6.45) is 2.91. The van der Waals surface area contributed by atoms with Gasteiger partial charge >= 0.3 is 7.82 Å². The number of phosphoric ester groups is 1. The van der Waals surface area contributed by atoms with E-state index in [-0.39, 0.29) is 0 Å². The molecule has 12 heavy (non-hydrogen) atoms. The third-order valence-corrected chi connectivity index (χ3v) is 2.43. The van der Waals surface area contributed by atoms with Gasteiger partial charge in [-0.25, -0.2) is 4.57 Å². The Kier molecular flexibility index (Phi) is 6.07. The molecule has 0 aromatic rings. The van der Waals surface area contributed by atoms with Crippen molar-refractivity contribution in [3.05, 3.63) is 12.3 Å². The van der Waals surface area contributed by atoms with Gasteiger partial charge in [0, 0.05) is 0 Å². The molecule has 0 aliphatic rings. The fourth-order valence-corrected chi connectivity index (χ4v) is 1.65. The fraction of sp³-hybridized carbons (Fsp3) is 0.714. The molecule has 0 amide bonds. The summed E-state index contributed by atoms with van der Waals surface area (Å²) < 4.78 is 25.9. The Morgan fingerprint density at radius 1 is 1.25 bits per heavy atom. The average molecular weight is 194 g/mol. The Hall–Kier alpha value is -0.310. The van der Waals surface area contributed by atoms with Crippen molar-refractivity contribution in [3.63, 3.8) is 0 Å². The summed E-state index contributed by atoms with van der Waals surface area (Å²) in [5, 5.41) is 0. The average Bonchev–Trinajstić information content (AvgIpc) is 2.02. The largest absolute Gasteiger partial charge is 0.529 e. The van der Waals surface area contributed by atoms with Crippen LogP contribution in [0.5, 0.6) is 0 Å². The normalized spacial score (nSPS) is 12.2. The summed E-state index contributed by atoms with van der Waals surface area (Å²) in [5.41, 5.74) is 0. The highest BCUT2D eigenvalue weighted by Gasteiger charge is 2.24. The molecule has 0 heterocycles. The molecule has 0 saturated carbocycles. The quantitative estimate of drug-likeness (QED) is 0.481. The van der Waals surface area contributed by atoms with Gasteiger partial charge in [-0.2, -0.15) is 0 Å². The van der Waals surface area contributed by atoms with Gasteiger partial charge in [0.15, 0.2) is 0 Å². The van der Waals surface area contributed by atoms with E-state index < -0.39 is 7.82 Å². The molecule has 0 atom stereocenters. The van der Waals surface area contributed by atoms with Crippen molar-refractivity contribution in [1.29, 1.82) is 0 Å². The Labute approximate surface area is 73.1 Å². The van der Waals surface area contributed by atoms with E-state index >= 15 is 0 Å². The third kappa shape index (κ3) is 4.54. The second kappa shape index (κ2) is 6.23. The topological polar surface area (TPSA) is 44.8 Å². The summed E-state index contributed by atoms with van der Waals surface area (Å²) in [6, 6.07) is 0. The highest BCUT2D eigenvalue weighted by molar-refractivity contribution is 7.48. The third-order valence-electron chi connectivity index (χ3n) is 0.900. The molecule has 0 aromatic carbocycles. The van der Waals surface area contributed by atoms with Gasteiger partial charge in [0.25, 0.3) is 0 Å². The maximum absolute atomic E-state index is 11.5. The summed E-state index contributed by atoms with van der Waals surface area (Å²) in [4.78, 5) is 0. The minimum Gasteiger partial charge on any atom is -0.412 e. The zero-order chi connectivity index (χ0) is 9.45. The molecular formula is C7H15O4P. The van der Waals surface area contributed by atoms with Crippen molar-refractivity contribution in [2.24, 2.45) is 0 Å². The zero-order valence-corrected chi connectivity index (χ0v) is 8.54. The summed E-state index contributed by atoms with van der Waals surface area (Å²) in [5.74, 6) is 0. The van der Waals surface area contributed by atoms with E-state index in [4.69, 9.17) is 13.6 Å². The smallest absolute Gasteiger partial charge is 0.412 e. The Balaban J connectivity index is 4.08. The predicted octanol–water partition coefficient (Wildman–Crippen LogP) is 2.72. The summed E-state index contributed by atoms with van der Waals surface area (Å²) in [7, 11) is -3.32. The predicted molar refractivity (Wildman–Crippen MR) is 46.8 cm³/mol. The van der Waals surface area contributed by atoms with E-state index in [0.717, 1.165) is 0 Å². The first-order chi connectivity index (χ1) is 5.68. The number of hydrogen-bond acceptors (Lipinski definition) is 4. The molecule has 5 heteroatoms. The Bertz CT molecular complexity index is 168. The minimum absolute atomic E-state index is 0.300. The number of hydrogen-bond donors (Lipinski definition) is 0. The molecular weight excluding hydrogens is 179 g/mol. The van der Waals surface area contributed by atoms with Crippen LogP contribution in [0, 0.1) is 0 Å². The monoisotopic (exact) mass is 194 g/mol. The molecule has 0 N–H and O–H groups in total. The highest BCUT2D eigenvalue weighted by atomic mass is 31.2. The number of allylic oxidation sites excluding steroid dienone is 1. The van der Waals surface area contributed by atoms with Crippen LogP contribution in [0.15, 0.2) is 12.3 Å². The van der Waals surface area contributed by atoms with E-state index in [1.54, 1.807) is 26.8 Å². The SMILES string of the molecule is C/C=C/OP(=O)(OCC)OCC. The lowest BCUT2D eigenvalue weighted by molar-refractivity contribution is 0.153. The van der Waals surface area contributed by atoms with Gasteiger partial charge in [-0.3, -0.25) is 9.05 Å². The molecule has 0 aliphatic heterocycles. The summed E-state index contributed by atoms with van der Waals surface area (Å²) >= 11 is 0. The van der Waals surface area contributed by atoms with Crippen LogP contribution in [0.3, 0.4) is 0 Å². The van der Waals surface area contributed by atoms with Crippen molar-refractivity contribution in [1.82, 2.24) is 0 Å². The Morgan fingerprint density at radius 2 is 1.75 bits per heavy atom. The maximum atomic E-state index is 11.5. The molecule has 72 valence electrons. The lowest BCUT2D eigenvalue weighted by Gasteiger charge is -2.13. The fourth-order valence-electron chi connectivity index (χ4n) is 0.550. The molecule has 0 unspecified atom stereocenters. The molecule has 0 fully saturated rings. The van der Waals surface area contributed by atoms with E-state index in [0.29, 0.717) is 13.2 Å². The van der Waals surface area contributed by atoms with Crippen LogP contribution in [-0.4, -0.2) is 13.2 Å². The van der Waals surface area contributed by atoms with Crippen molar-refractivity contribution in [2.45, 2.75) is 20.8 Å². The minimum atomic E-state index is -3.32. The molecule has 0 radical (unpaired) electrons. The first kappa shape index (κ1) is 11.7. The molecule has 0 saturated heterocycles. The lowest BCUT2D eigenvalue weighted by atomic mass is 10.8. The van der Waals surface area contributed by atoms with Crippen LogP contribution in [0.2, 0.25) is 0 Å². The second-order valence-electron chi connectivity index (χ2n) is 1.86. The zero-order valence-electron chi connectivity index (χ0n) is 7.65. The van der Waals surface area contributed by atoms with Gasteiger partial charge in [0.1, 0.15) is 0 Å². The van der Waals surface area contributed by atoms with Gasteiger partial charge in [-0.15, -0.1) is 0 Å². The number of phosphoric acid groups is 1. The molecule has 0 aliphatic carbocycles. The van der Waals surface area contributed by atoms with E-state index in [2.05, 4.69) is 0 Å². The van der Waals surface area contributed by atoms with Crippen LogP contribution in [0.1, 0.15) is 20.8 Å². The van der Waals surface area contributed by atoms with Gasteiger partial charge in [-0.05, 0) is 20.8 Å². The molecule has 0 aromatic heterocycles. The van der Waals surface area contributed by atoms with E-state index in [1.165, 1.54) is 6.26 Å². The maximum Gasteiger partial charge on any atom is 0.529 e. The van der Waals surface area contributed by atoms with Crippen molar-refractivity contribution < 1.29 is 18.1 Å².